The quantitative estimate of drug-likeness (QED) is 0.674. The smallest absolute Gasteiger partial charge is 0.245 e. The number of sulfonamides is 1. The molecular weight excluding hydrogens is 388 g/mol. The maximum Gasteiger partial charge on any atom is 0.245 e. The van der Waals surface area contributed by atoms with E-state index in [0.717, 1.165) is 21.6 Å². The van der Waals surface area contributed by atoms with Gasteiger partial charge in [-0.15, -0.1) is 0 Å². The molecule has 1 heterocycles. The van der Waals surface area contributed by atoms with Gasteiger partial charge in [0.25, 0.3) is 0 Å². The van der Waals surface area contributed by atoms with Crippen LogP contribution >= 0.6 is 11.7 Å². The number of aryl methyl sites for hydroxylation is 1. The highest BCUT2D eigenvalue weighted by atomic mass is 32.2. The molecule has 0 unspecified atom stereocenters. The largest absolute Gasteiger partial charge is 0.495 e. The second-order valence-corrected chi connectivity index (χ2v) is 8.44. The Balaban J connectivity index is 1.80. The zero-order valence-electron chi connectivity index (χ0n) is 15.0. The van der Waals surface area contributed by atoms with Crippen LogP contribution in [-0.2, 0) is 14.8 Å². The Hall–Kier alpha value is -2.56. The first kappa shape index (κ1) is 19.2. The van der Waals surface area contributed by atoms with Crippen molar-refractivity contribution >= 4 is 44.4 Å². The van der Waals surface area contributed by atoms with E-state index in [-0.39, 0.29) is 11.4 Å². The fourth-order valence-corrected chi connectivity index (χ4v) is 4.43. The predicted molar refractivity (Wildman–Crippen MR) is 104 cm³/mol. The van der Waals surface area contributed by atoms with Crippen LogP contribution in [0.5, 0.6) is 5.75 Å². The number of nitrogens with one attached hydrogen (secondary N) is 1. The molecule has 0 saturated heterocycles. The van der Waals surface area contributed by atoms with Crippen LogP contribution in [0.3, 0.4) is 0 Å². The van der Waals surface area contributed by atoms with Gasteiger partial charge >= 0.3 is 0 Å². The summed E-state index contributed by atoms with van der Waals surface area (Å²) in [4.78, 5) is 12.4. The predicted octanol–water partition coefficient (Wildman–Crippen LogP) is 2.27. The van der Waals surface area contributed by atoms with Crippen LogP contribution in [-0.4, -0.2) is 48.1 Å². The van der Waals surface area contributed by atoms with E-state index >= 15 is 0 Å². The minimum Gasteiger partial charge on any atom is -0.495 e. The molecule has 27 heavy (non-hydrogen) atoms. The Morgan fingerprint density at radius 3 is 2.78 bits per heavy atom. The molecule has 0 aliphatic rings. The number of methoxy groups -OCH3 is 1. The molecule has 0 aliphatic heterocycles. The number of anilines is 1. The highest BCUT2D eigenvalue weighted by molar-refractivity contribution is 7.89. The number of carbonyl (C=O) groups is 1. The molecule has 3 aromatic rings. The van der Waals surface area contributed by atoms with Crippen LogP contribution in [0, 0.1) is 6.92 Å². The van der Waals surface area contributed by atoms with Crippen LogP contribution in [0.1, 0.15) is 5.56 Å². The molecule has 0 saturated carbocycles. The van der Waals surface area contributed by atoms with Crippen molar-refractivity contribution in [3.8, 4) is 5.75 Å². The SMILES string of the molecule is COc1ccc(C)cc1NC(=O)CN(C)S(=O)(=O)c1cccc2nsnc12. The van der Waals surface area contributed by atoms with Gasteiger partial charge in [-0.1, -0.05) is 12.1 Å². The molecule has 1 aromatic heterocycles. The lowest BCUT2D eigenvalue weighted by atomic mass is 10.2. The maximum absolute atomic E-state index is 12.9. The van der Waals surface area contributed by atoms with Gasteiger partial charge < -0.3 is 10.1 Å². The molecule has 0 fully saturated rings. The number of hydrogen-bond donors (Lipinski definition) is 1. The van der Waals surface area contributed by atoms with Gasteiger partial charge in [-0.25, -0.2) is 8.42 Å². The molecule has 1 N–H and O–H groups in total. The number of amides is 1. The van der Waals surface area contributed by atoms with E-state index in [1.165, 1.54) is 20.2 Å². The summed E-state index contributed by atoms with van der Waals surface area (Å²) in [6.45, 7) is 1.53. The van der Waals surface area contributed by atoms with Crippen molar-refractivity contribution < 1.29 is 17.9 Å². The molecule has 0 atom stereocenters. The van der Waals surface area contributed by atoms with Crippen LogP contribution in [0.2, 0.25) is 0 Å². The molecule has 0 aliphatic carbocycles. The summed E-state index contributed by atoms with van der Waals surface area (Å²) < 4.78 is 40.0. The second-order valence-electron chi connectivity index (χ2n) is 5.90. The second kappa shape index (κ2) is 7.59. The number of rotatable bonds is 6. The molecule has 8 nitrogen and oxygen atoms in total. The first-order valence-corrected chi connectivity index (χ1v) is 10.1. The molecule has 3 rings (SSSR count). The number of nitrogens with zero attached hydrogens (tertiary/aromatic N) is 3. The van der Waals surface area contributed by atoms with Gasteiger partial charge in [0.2, 0.25) is 15.9 Å². The van der Waals surface area contributed by atoms with Gasteiger partial charge in [0.05, 0.1) is 31.1 Å². The van der Waals surface area contributed by atoms with Gasteiger partial charge in [0.1, 0.15) is 21.7 Å². The van der Waals surface area contributed by atoms with E-state index in [0.29, 0.717) is 22.5 Å². The van der Waals surface area contributed by atoms with E-state index in [1.807, 2.05) is 13.0 Å². The summed E-state index contributed by atoms with van der Waals surface area (Å²) in [5.74, 6) is 0.0197. The number of fused-ring (bicyclic) bond motifs is 1. The minimum atomic E-state index is -3.90. The van der Waals surface area contributed by atoms with E-state index in [2.05, 4.69) is 14.1 Å². The molecule has 10 heteroatoms. The normalized spacial score (nSPS) is 11.7. The topological polar surface area (TPSA) is 101 Å². The summed E-state index contributed by atoms with van der Waals surface area (Å²) in [5, 5.41) is 2.69. The zero-order valence-corrected chi connectivity index (χ0v) is 16.6. The molecule has 142 valence electrons. The van der Waals surface area contributed by atoms with Crippen molar-refractivity contribution in [2.45, 2.75) is 11.8 Å². The first-order chi connectivity index (χ1) is 12.8. The summed E-state index contributed by atoms with van der Waals surface area (Å²) in [6, 6.07) is 10.1. The summed E-state index contributed by atoms with van der Waals surface area (Å²) in [7, 11) is -1.05. The lowest BCUT2D eigenvalue weighted by molar-refractivity contribution is -0.116. The fourth-order valence-electron chi connectivity index (χ4n) is 2.55. The number of hydrogen-bond acceptors (Lipinski definition) is 7. The van der Waals surface area contributed by atoms with E-state index in [1.54, 1.807) is 24.3 Å². The molecule has 1 amide bonds. The number of aromatic nitrogens is 2. The Morgan fingerprint density at radius 1 is 1.26 bits per heavy atom. The lowest BCUT2D eigenvalue weighted by Crippen LogP contribution is -2.35. The van der Waals surface area contributed by atoms with Crippen LogP contribution in [0.15, 0.2) is 41.3 Å². The zero-order chi connectivity index (χ0) is 19.6. The molecular formula is C17H18N4O4S2. The summed E-state index contributed by atoms with van der Waals surface area (Å²) in [6.07, 6.45) is 0. The average molecular weight is 406 g/mol. The van der Waals surface area contributed by atoms with Gasteiger partial charge in [0, 0.05) is 7.05 Å². The van der Waals surface area contributed by atoms with Crippen LogP contribution < -0.4 is 10.1 Å². The van der Waals surface area contributed by atoms with Gasteiger partial charge in [-0.3, -0.25) is 4.79 Å². The Morgan fingerprint density at radius 2 is 2.04 bits per heavy atom. The van der Waals surface area contributed by atoms with Gasteiger partial charge in [-0.05, 0) is 36.8 Å². The summed E-state index contributed by atoms with van der Waals surface area (Å²) >= 11 is 0.940. The van der Waals surface area contributed by atoms with Crippen molar-refractivity contribution in [2.24, 2.45) is 0 Å². The van der Waals surface area contributed by atoms with Gasteiger partial charge in [0.15, 0.2) is 0 Å². The van der Waals surface area contributed by atoms with Crippen molar-refractivity contribution in [1.29, 1.82) is 0 Å². The standard InChI is InChI=1S/C17H18N4O4S2/c1-11-7-8-14(25-3)13(9-11)18-16(22)10-21(2)27(23,24)15-6-4-5-12-17(15)20-26-19-12/h4-9H,10H2,1-3H3,(H,18,22). The van der Waals surface area contributed by atoms with Crippen LogP contribution in [0.4, 0.5) is 5.69 Å². The third-order valence-corrected chi connectivity index (χ3v) is 6.31. The number of carbonyl (C=O) groups excluding carboxylic acids is 1. The van der Waals surface area contributed by atoms with E-state index in [9.17, 15) is 13.2 Å². The molecule has 0 spiro atoms. The third-order valence-electron chi connectivity index (χ3n) is 3.93. The fraction of sp³-hybridized carbons (Fsp3) is 0.235. The molecule has 0 bridgehead atoms. The first-order valence-electron chi connectivity index (χ1n) is 7.95. The van der Waals surface area contributed by atoms with Gasteiger partial charge in [-0.2, -0.15) is 13.1 Å². The van der Waals surface area contributed by atoms with E-state index < -0.39 is 15.9 Å². The lowest BCUT2D eigenvalue weighted by Gasteiger charge is -2.18. The Bertz CT molecular complexity index is 1100. The van der Waals surface area contributed by atoms with Crippen molar-refractivity contribution in [1.82, 2.24) is 13.1 Å². The minimum absolute atomic E-state index is 0.0252. The Labute approximate surface area is 161 Å². The summed E-state index contributed by atoms with van der Waals surface area (Å²) in [5.41, 5.74) is 2.23. The number of ether oxygens (including phenoxy) is 1. The van der Waals surface area contributed by atoms with Crippen molar-refractivity contribution in [3.05, 3.63) is 42.0 Å². The highest BCUT2D eigenvalue weighted by Crippen LogP contribution is 2.26. The maximum atomic E-state index is 12.9. The third kappa shape index (κ3) is 3.92. The molecule has 0 radical (unpaired) electrons. The Kier molecular flexibility index (Phi) is 5.40. The van der Waals surface area contributed by atoms with Crippen molar-refractivity contribution in [2.75, 3.05) is 26.0 Å². The van der Waals surface area contributed by atoms with Crippen molar-refractivity contribution in [3.63, 3.8) is 0 Å². The monoisotopic (exact) mass is 406 g/mol. The van der Waals surface area contributed by atoms with E-state index in [4.69, 9.17) is 4.74 Å². The average Bonchev–Trinajstić information content (AvgIpc) is 3.10. The number of likely N-dealkylation sites (N-methyl/N-ethyl adjacent to an activating group) is 1. The molecule has 2 aromatic carbocycles. The highest BCUT2D eigenvalue weighted by Gasteiger charge is 2.26. The number of benzene rings is 2. The van der Waals surface area contributed by atoms with Crippen LogP contribution in [0.25, 0.3) is 11.0 Å².